The molecule has 33 heavy (non-hydrogen) atoms. The minimum absolute atomic E-state index is 0.0613. The maximum absolute atomic E-state index is 13.3. The number of rotatable bonds is 11. The monoisotopic (exact) mass is 522 g/mol. The Morgan fingerprint density at radius 2 is 1.58 bits per heavy atom. The molecular formula is C24H24Cl2N2O3S2. The molecule has 9 heteroatoms. The molecule has 0 bridgehead atoms. The van der Waals surface area contributed by atoms with Crippen LogP contribution in [0.4, 0.5) is 5.69 Å². The van der Waals surface area contributed by atoms with Gasteiger partial charge >= 0.3 is 0 Å². The van der Waals surface area contributed by atoms with Crippen LogP contribution in [0.1, 0.15) is 12.0 Å². The highest BCUT2D eigenvalue weighted by Crippen LogP contribution is 2.35. The van der Waals surface area contributed by atoms with Crippen LogP contribution in [0.25, 0.3) is 0 Å². The second kappa shape index (κ2) is 12.3. The number of halogens is 2. The largest absolute Gasteiger partial charge is 0.354 e. The van der Waals surface area contributed by atoms with Crippen molar-refractivity contribution in [1.29, 1.82) is 0 Å². The maximum Gasteiger partial charge on any atom is 0.264 e. The molecule has 5 nitrogen and oxygen atoms in total. The summed E-state index contributed by atoms with van der Waals surface area (Å²) in [6.45, 7) is 0.0393. The Kier molecular flexibility index (Phi) is 9.50. The molecule has 0 aliphatic rings. The van der Waals surface area contributed by atoms with E-state index in [4.69, 9.17) is 23.2 Å². The van der Waals surface area contributed by atoms with Crippen molar-refractivity contribution >= 4 is 56.6 Å². The molecule has 0 aliphatic heterocycles. The first-order chi connectivity index (χ1) is 15.9. The molecule has 3 aromatic rings. The van der Waals surface area contributed by atoms with Crippen molar-refractivity contribution in [2.24, 2.45) is 0 Å². The van der Waals surface area contributed by atoms with Crippen molar-refractivity contribution in [3.8, 4) is 0 Å². The summed E-state index contributed by atoms with van der Waals surface area (Å²) in [5.41, 5.74) is 1.41. The van der Waals surface area contributed by atoms with Gasteiger partial charge in [-0.15, -0.1) is 0 Å². The third-order valence-corrected chi connectivity index (χ3v) is 8.42. The van der Waals surface area contributed by atoms with Gasteiger partial charge < -0.3 is 5.32 Å². The molecule has 1 amide bonds. The Bertz CT molecular complexity index is 1160. The van der Waals surface area contributed by atoms with E-state index in [9.17, 15) is 13.2 Å². The number of benzene rings is 3. The predicted octanol–water partition coefficient (Wildman–Crippen LogP) is 5.63. The van der Waals surface area contributed by atoms with Gasteiger partial charge in [-0.3, -0.25) is 9.10 Å². The smallest absolute Gasteiger partial charge is 0.264 e. The normalized spacial score (nSPS) is 11.2. The number of carbonyl (C=O) groups excluding carboxylic acids is 1. The molecule has 1 N–H and O–H groups in total. The summed E-state index contributed by atoms with van der Waals surface area (Å²) in [5, 5.41) is 3.08. The van der Waals surface area contributed by atoms with Crippen LogP contribution >= 0.6 is 35.0 Å². The molecule has 0 aromatic heterocycles. The Morgan fingerprint density at radius 3 is 2.27 bits per heavy atom. The molecule has 0 spiro atoms. The van der Waals surface area contributed by atoms with E-state index in [1.165, 1.54) is 23.8 Å². The van der Waals surface area contributed by atoms with Gasteiger partial charge in [0.05, 0.1) is 20.6 Å². The lowest BCUT2D eigenvalue weighted by Crippen LogP contribution is -2.41. The fraction of sp³-hybridized carbons (Fsp3) is 0.208. The number of carbonyl (C=O) groups is 1. The zero-order valence-corrected chi connectivity index (χ0v) is 20.9. The number of amides is 1. The summed E-state index contributed by atoms with van der Waals surface area (Å²) in [7, 11) is -4.03. The minimum Gasteiger partial charge on any atom is -0.354 e. The number of thioether (sulfide) groups is 1. The highest BCUT2D eigenvalue weighted by atomic mass is 35.5. The first-order valence-corrected chi connectivity index (χ1v) is 13.6. The molecule has 0 fully saturated rings. The third-order valence-electron chi connectivity index (χ3n) is 4.72. The molecular weight excluding hydrogens is 499 g/mol. The maximum atomic E-state index is 13.3. The fourth-order valence-corrected chi connectivity index (χ4v) is 5.88. The summed E-state index contributed by atoms with van der Waals surface area (Å²) in [6.07, 6.45) is 0.770. The molecule has 0 aliphatic carbocycles. The predicted molar refractivity (Wildman–Crippen MR) is 138 cm³/mol. The molecule has 0 heterocycles. The van der Waals surface area contributed by atoms with E-state index >= 15 is 0 Å². The van der Waals surface area contributed by atoms with E-state index in [1.54, 1.807) is 42.1 Å². The Labute approximate surface area is 209 Å². The van der Waals surface area contributed by atoms with Crippen molar-refractivity contribution in [1.82, 2.24) is 5.32 Å². The van der Waals surface area contributed by atoms with Crippen LogP contribution in [0.5, 0.6) is 0 Å². The van der Waals surface area contributed by atoms with E-state index in [1.807, 2.05) is 18.2 Å². The molecule has 0 saturated heterocycles. The topological polar surface area (TPSA) is 66.5 Å². The minimum atomic E-state index is -4.03. The quantitative estimate of drug-likeness (QED) is 0.331. The zero-order valence-electron chi connectivity index (χ0n) is 17.8. The highest BCUT2D eigenvalue weighted by Gasteiger charge is 2.29. The SMILES string of the molecule is O=C(CN(c1cccc(Cl)c1Cl)S(=O)(=O)c1ccccc1)NCCCSCc1ccccc1. The van der Waals surface area contributed by atoms with E-state index in [-0.39, 0.29) is 20.6 Å². The van der Waals surface area contributed by atoms with Gasteiger partial charge in [0.1, 0.15) is 6.54 Å². The fourth-order valence-electron chi connectivity index (χ4n) is 3.06. The lowest BCUT2D eigenvalue weighted by molar-refractivity contribution is -0.119. The van der Waals surface area contributed by atoms with Crippen LogP contribution in [0, 0.1) is 0 Å². The second-order valence-corrected chi connectivity index (χ2v) is 10.9. The van der Waals surface area contributed by atoms with Gasteiger partial charge in [0.25, 0.3) is 10.0 Å². The van der Waals surface area contributed by atoms with E-state index < -0.39 is 22.5 Å². The Balaban J connectivity index is 1.63. The average Bonchev–Trinajstić information content (AvgIpc) is 2.83. The van der Waals surface area contributed by atoms with Gasteiger partial charge in [0, 0.05) is 12.3 Å². The number of anilines is 1. The van der Waals surface area contributed by atoms with Crippen LogP contribution in [0.15, 0.2) is 83.8 Å². The lowest BCUT2D eigenvalue weighted by atomic mass is 10.2. The van der Waals surface area contributed by atoms with E-state index in [0.717, 1.165) is 22.2 Å². The standard InChI is InChI=1S/C24H24Cl2N2O3S2/c25-21-13-7-14-22(24(21)26)28(33(30,31)20-11-5-2-6-12-20)17-23(29)27-15-8-16-32-18-19-9-3-1-4-10-19/h1-7,9-14H,8,15-18H2,(H,27,29). The third kappa shape index (κ3) is 7.14. The van der Waals surface area contributed by atoms with E-state index in [2.05, 4.69) is 17.4 Å². The number of nitrogens with one attached hydrogen (secondary N) is 1. The summed E-state index contributed by atoms with van der Waals surface area (Å²) in [6, 6.07) is 22.8. The van der Waals surface area contributed by atoms with Crippen LogP contribution in [0.3, 0.4) is 0 Å². The molecule has 0 atom stereocenters. The summed E-state index contributed by atoms with van der Waals surface area (Å²) >= 11 is 14.2. The van der Waals surface area contributed by atoms with Crippen molar-refractivity contribution in [2.75, 3.05) is 23.1 Å². The summed E-state index contributed by atoms with van der Waals surface area (Å²) in [4.78, 5) is 12.7. The van der Waals surface area contributed by atoms with Crippen molar-refractivity contribution in [3.05, 3.63) is 94.5 Å². The Hall–Kier alpha value is -2.19. The zero-order chi connectivity index (χ0) is 23.7. The lowest BCUT2D eigenvalue weighted by Gasteiger charge is -2.25. The van der Waals surface area contributed by atoms with Crippen molar-refractivity contribution < 1.29 is 13.2 Å². The van der Waals surface area contributed by atoms with Crippen LogP contribution in [-0.4, -0.2) is 33.2 Å². The van der Waals surface area contributed by atoms with Crippen LogP contribution < -0.4 is 9.62 Å². The van der Waals surface area contributed by atoms with Crippen LogP contribution in [0.2, 0.25) is 10.0 Å². The van der Waals surface area contributed by atoms with Gasteiger partial charge in [0.15, 0.2) is 0 Å². The van der Waals surface area contributed by atoms with Gasteiger partial charge in [-0.1, -0.05) is 77.8 Å². The Morgan fingerprint density at radius 1 is 0.909 bits per heavy atom. The molecule has 3 aromatic carbocycles. The first kappa shape index (κ1) is 25.4. The van der Waals surface area contributed by atoms with Gasteiger partial charge in [0.2, 0.25) is 5.91 Å². The van der Waals surface area contributed by atoms with Crippen LogP contribution in [-0.2, 0) is 20.6 Å². The molecule has 3 rings (SSSR count). The van der Waals surface area contributed by atoms with Crippen molar-refractivity contribution in [3.63, 3.8) is 0 Å². The number of sulfonamides is 1. The molecule has 0 saturated carbocycles. The molecule has 174 valence electrons. The number of hydrogen-bond donors (Lipinski definition) is 1. The molecule has 0 unspecified atom stereocenters. The first-order valence-electron chi connectivity index (χ1n) is 10.3. The molecule has 0 radical (unpaired) electrons. The summed E-state index contributed by atoms with van der Waals surface area (Å²) < 4.78 is 27.6. The highest BCUT2D eigenvalue weighted by molar-refractivity contribution is 7.98. The van der Waals surface area contributed by atoms with Crippen molar-refractivity contribution in [2.45, 2.75) is 17.1 Å². The average molecular weight is 524 g/mol. The van der Waals surface area contributed by atoms with Gasteiger partial charge in [-0.25, -0.2) is 8.42 Å². The second-order valence-electron chi connectivity index (χ2n) is 7.14. The van der Waals surface area contributed by atoms with Gasteiger partial charge in [-0.05, 0) is 42.0 Å². The van der Waals surface area contributed by atoms with E-state index in [0.29, 0.717) is 6.54 Å². The summed E-state index contributed by atoms with van der Waals surface area (Å²) in [5.74, 6) is 1.37. The number of nitrogens with zero attached hydrogens (tertiary/aromatic N) is 1. The van der Waals surface area contributed by atoms with Gasteiger partial charge in [-0.2, -0.15) is 11.8 Å². The number of hydrogen-bond acceptors (Lipinski definition) is 4.